The first-order chi connectivity index (χ1) is 16.5. The topological polar surface area (TPSA) is 96.0 Å². The molecule has 2 heterocycles. The second kappa shape index (κ2) is 11.1. The smallest absolute Gasteiger partial charge is 0.233 e. The van der Waals surface area contributed by atoms with Crippen LogP contribution in [0.3, 0.4) is 0 Å². The molecule has 0 aliphatic carbocycles. The highest BCUT2D eigenvalue weighted by atomic mass is 19.1. The van der Waals surface area contributed by atoms with Gasteiger partial charge in [-0.05, 0) is 55.6 Å². The number of nitrogens with zero attached hydrogens (tertiary/aromatic N) is 3. The molecule has 1 fully saturated rings. The summed E-state index contributed by atoms with van der Waals surface area (Å²) in [6.45, 7) is 3.52. The maximum Gasteiger partial charge on any atom is 0.233 e. The van der Waals surface area contributed by atoms with Crippen LogP contribution in [0.25, 0.3) is 0 Å². The molecule has 0 spiro atoms. The summed E-state index contributed by atoms with van der Waals surface area (Å²) in [5.74, 6) is 0.381. The Morgan fingerprint density at radius 1 is 1.06 bits per heavy atom. The molecule has 1 aliphatic rings. The van der Waals surface area contributed by atoms with Crippen molar-refractivity contribution in [3.63, 3.8) is 0 Å². The second-order valence-electron chi connectivity index (χ2n) is 8.12. The number of hydrogen-bond acceptors (Lipinski definition) is 8. The van der Waals surface area contributed by atoms with Crippen molar-refractivity contribution in [1.82, 2.24) is 20.3 Å². The van der Waals surface area contributed by atoms with E-state index in [1.54, 1.807) is 18.2 Å². The van der Waals surface area contributed by atoms with Crippen molar-refractivity contribution in [3.05, 3.63) is 59.7 Å². The Labute approximate surface area is 197 Å². The summed E-state index contributed by atoms with van der Waals surface area (Å²) in [5, 5.41) is 13.1. The average Bonchev–Trinajstić information content (AvgIpc) is 3.37. The fourth-order valence-corrected chi connectivity index (χ4v) is 3.94. The zero-order valence-corrected chi connectivity index (χ0v) is 19.2. The summed E-state index contributed by atoms with van der Waals surface area (Å²) >= 11 is 0. The summed E-state index contributed by atoms with van der Waals surface area (Å²) in [4.78, 5) is 13.5. The van der Waals surface area contributed by atoms with Crippen LogP contribution in [0.4, 0.5) is 32.3 Å². The van der Waals surface area contributed by atoms with Crippen LogP contribution < -0.4 is 26.0 Å². The summed E-state index contributed by atoms with van der Waals surface area (Å²) in [6.07, 6.45) is 3.12. The third-order valence-corrected chi connectivity index (χ3v) is 5.75. The zero-order valence-electron chi connectivity index (χ0n) is 19.2. The molecular weight excluding hydrogens is 440 g/mol. The van der Waals surface area contributed by atoms with Gasteiger partial charge in [0.25, 0.3) is 0 Å². The van der Waals surface area contributed by atoms with Gasteiger partial charge in [-0.15, -0.1) is 0 Å². The van der Waals surface area contributed by atoms with Gasteiger partial charge in [-0.3, -0.25) is 0 Å². The average molecular weight is 470 g/mol. The summed E-state index contributed by atoms with van der Waals surface area (Å²) in [5.41, 5.74) is 1.36. The largest absolute Gasteiger partial charge is 0.494 e. The van der Waals surface area contributed by atoms with Crippen LogP contribution in [0.1, 0.15) is 31.7 Å². The van der Waals surface area contributed by atoms with Gasteiger partial charge < -0.3 is 26.0 Å². The first-order valence-corrected chi connectivity index (χ1v) is 11.4. The third-order valence-electron chi connectivity index (χ3n) is 5.75. The van der Waals surface area contributed by atoms with E-state index in [1.807, 2.05) is 0 Å². The zero-order chi connectivity index (χ0) is 23.9. The molecule has 180 valence electrons. The van der Waals surface area contributed by atoms with E-state index in [0.717, 1.165) is 31.4 Å². The SMILES string of the molecule is CCC(Nc1nc(NCc2ccc(F)cc2)nc(Nc2ccc(OC)c(F)c2)n1)C1CCCN1. The molecule has 0 bridgehead atoms. The maximum atomic E-state index is 14.2. The van der Waals surface area contributed by atoms with Gasteiger partial charge in [-0.25, -0.2) is 8.78 Å². The molecule has 2 aromatic carbocycles. The number of aromatic nitrogens is 3. The number of benzene rings is 2. The van der Waals surface area contributed by atoms with Gasteiger partial charge in [0.15, 0.2) is 11.6 Å². The number of ether oxygens (including phenoxy) is 1. The molecule has 1 saturated heterocycles. The molecule has 1 aromatic heterocycles. The first kappa shape index (κ1) is 23.6. The Kier molecular flexibility index (Phi) is 7.69. The number of rotatable bonds is 10. The Morgan fingerprint density at radius 2 is 1.82 bits per heavy atom. The van der Waals surface area contributed by atoms with Crippen LogP contribution in [-0.2, 0) is 6.54 Å². The number of nitrogens with one attached hydrogen (secondary N) is 4. The molecular formula is C24H29F2N7O. The Balaban J connectivity index is 1.56. The molecule has 34 heavy (non-hydrogen) atoms. The van der Waals surface area contributed by atoms with Gasteiger partial charge >= 0.3 is 0 Å². The monoisotopic (exact) mass is 469 g/mol. The van der Waals surface area contributed by atoms with E-state index in [-0.39, 0.29) is 23.6 Å². The first-order valence-electron chi connectivity index (χ1n) is 11.4. The lowest BCUT2D eigenvalue weighted by Gasteiger charge is -2.24. The van der Waals surface area contributed by atoms with E-state index in [4.69, 9.17) is 4.74 Å². The molecule has 0 amide bonds. The minimum absolute atomic E-state index is 0.153. The predicted octanol–water partition coefficient (Wildman–Crippen LogP) is 4.46. The van der Waals surface area contributed by atoms with Crippen molar-refractivity contribution in [1.29, 1.82) is 0 Å². The summed E-state index contributed by atoms with van der Waals surface area (Å²) in [7, 11) is 1.41. The summed E-state index contributed by atoms with van der Waals surface area (Å²) in [6, 6.07) is 11.2. The van der Waals surface area contributed by atoms with Gasteiger partial charge in [-0.1, -0.05) is 19.1 Å². The molecule has 10 heteroatoms. The molecule has 4 N–H and O–H groups in total. The van der Waals surface area contributed by atoms with Crippen LogP contribution >= 0.6 is 0 Å². The van der Waals surface area contributed by atoms with E-state index >= 15 is 0 Å². The van der Waals surface area contributed by atoms with Crippen LogP contribution in [0.2, 0.25) is 0 Å². The highest BCUT2D eigenvalue weighted by molar-refractivity contribution is 5.57. The fraction of sp³-hybridized carbons (Fsp3) is 0.375. The van der Waals surface area contributed by atoms with Crippen molar-refractivity contribution in [3.8, 4) is 5.75 Å². The van der Waals surface area contributed by atoms with E-state index < -0.39 is 5.82 Å². The quantitative estimate of drug-likeness (QED) is 0.346. The van der Waals surface area contributed by atoms with Crippen LogP contribution in [0, 0.1) is 11.6 Å². The highest BCUT2D eigenvalue weighted by Crippen LogP contribution is 2.24. The van der Waals surface area contributed by atoms with E-state index in [1.165, 1.54) is 31.4 Å². The molecule has 4 rings (SSSR count). The number of methoxy groups -OCH3 is 1. The van der Waals surface area contributed by atoms with Gasteiger partial charge in [0.05, 0.1) is 7.11 Å². The van der Waals surface area contributed by atoms with Crippen molar-refractivity contribution in [2.75, 3.05) is 29.6 Å². The van der Waals surface area contributed by atoms with Crippen molar-refractivity contribution in [2.24, 2.45) is 0 Å². The van der Waals surface area contributed by atoms with E-state index in [2.05, 4.69) is 43.1 Å². The van der Waals surface area contributed by atoms with Crippen LogP contribution in [0.5, 0.6) is 5.75 Å². The lowest BCUT2D eigenvalue weighted by molar-refractivity contribution is 0.386. The molecule has 1 aliphatic heterocycles. The molecule has 2 unspecified atom stereocenters. The fourth-order valence-electron chi connectivity index (χ4n) is 3.94. The molecule has 2 atom stereocenters. The number of anilines is 4. The lowest BCUT2D eigenvalue weighted by Crippen LogP contribution is -2.40. The molecule has 0 saturated carbocycles. The third kappa shape index (κ3) is 6.07. The Hall–Kier alpha value is -3.53. The number of halogens is 2. The van der Waals surface area contributed by atoms with Gasteiger partial charge in [0.1, 0.15) is 5.82 Å². The molecule has 0 radical (unpaired) electrons. The number of hydrogen-bond donors (Lipinski definition) is 4. The minimum Gasteiger partial charge on any atom is -0.494 e. The summed E-state index contributed by atoms with van der Waals surface area (Å²) < 4.78 is 32.4. The Morgan fingerprint density at radius 3 is 2.50 bits per heavy atom. The van der Waals surface area contributed by atoms with Crippen LogP contribution in [-0.4, -0.2) is 40.7 Å². The van der Waals surface area contributed by atoms with Crippen molar-refractivity contribution < 1.29 is 13.5 Å². The highest BCUT2D eigenvalue weighted by Gasteiger charge is 2.24. The predicted molar refractivity (Wildman–Crippen MR) is 129 cm³/mol. The van der Waals surface area contributed by atoms with Crippen LogP contribution in [0.15, 0.2) is 42.5 Å². The lowest BCUT2D eigenvalue weighted by atomic mass is 10.0. The molecule has 8 nitrogen and oxygen atoms in total. The molecule has 3 aromatic rings. The van der Waals surface area contributed by atoms with Crippen molar-refractivity contribution >= 4 is 23.5 Å². The van der Waals surface area contributed by atoms with Gasteiger partial charge in [0, 0.05) is 30.4 Å². The maximum absolute atomic E-state index is 14.2. The Bertz CT molecular complexity index is 1090. The van der Waals surface area contributed by atoms with Crippen molar-refractivity contribution in [2.45, 2.75) is 44.8 Å². The van der Waals surface area contributed by atoms with E-state index in [9.17, 15) is 8.78 Å². The minimum atomic E-state index is -0.493. The normalized spacial score (nSPS) is 16.2. The van der Waals surface area contributed by atoms with Gasteiger partial charge in [-0.2, -0.15) is 15.0 Å². The second-order valence-corrected chi connectivity index (χ2v) is 8.12. The van der Waals surface area contributed by atoms with Gasteiger partial charge in [0.2, 0.25) is 17.8 Å². The van der Waals surface area contributed by atoms with E-state index in [0.29, 0.717) is 30.2 Å². The standard InChI is InChI=1S/C24H29F2N7O/c1-3-19(20-5-4-12-27-20)30-24-32-22(28-14-15-6-8-16(25)9-7-15)31-23(33-24)29-17-10-11-21(34-2)18(26)13-17/h6-11,13,19-20,27H,3-5,12,14H2,1-2H3,(H3,28,29,30,31,32,33).